The standard InChI is InChI=1S/C26H19Cl2N3O2/c27-19-9-5-17(6-10-19)14-30-16-22(21-3-1-2-4-24(21)30)25-13-23(26(32)33)29-31(25)15-18-7-11-20(28)12-8-18/h1-13,16H,14-15H2,(H,32,33). The third kappa shape index (κ3) is 4.38. The van der Waals surface area contributed by atoms with Gasteiger partial charge in [0.25, 0.3) is 0 Å². The minimum atomic E-state index is -1.06. The maximum absolute atomic E-state index is 11.7. The van der Waals surface area contributed by atoms with Crippen LogP contribution < -0.4 is 0 Å². The number of hydrogen-bond donors (Lipinski definition) is 1. The molecule has 0 unspecified atom stereocenters. The number of carboxylic acid groups (broad SMARTS) is 1. The second kappa shape index (κ2) is 8.77. The van der Waals surface area contributed by atoms with Gasteiger partial charge in [-0.15, -0.1) is 0 Å². The van der Waals surface area contributed by atoms with Gasteiger partial charge in [-0.25, -0.2) is 4.79 Å². The number of para-hydroxylation sites is 1. The smallest absolute Gasteiger partial charge is 0.356 e. The highest BCUT2D eigenvalue weighted by molar-refractivity contribution is 6.30. The average Bonchev–Trinajstić information content (AvgIpc) is 3.39. The van der Waals surface area contributed by atoms with Crippen molar-refractivity contribution >= 4 is 40.1 Å². The van der Waals surface area contributed by atoms with E-state index in [0.717, 1.165) is 33.3 Å². The van der Waals surface area contributed by atoms with Crippen LogP contribution in [0.5, 0.6) is 0 Å². The zero-order valence-corrected chi connectivity index (χ0v) is 19.0. The highest BCUT2D eigenvalue weighted by Crippen LogP contribution is 2.32. The van der Waals surface area contributed by atoms with Gasteiger partial charge in [-0.05, 0) is 47.5 Å². The first kappa shape index (κ1) is 21.3. The van der Waals surface area contributed by atoms with Gasteiger partial charge < -0.3 is 9.67 Å². The number of carboxylic acids is 1. The molecule has 1 N–H and O–H groups in total. The van der Waals surface area contributed by atoms with Crippen molar-refractivity contribution in [3.63, 3.8) is 0 Å². The summed E-state index contributed by atoms with van der Waals surface area (Å²) < 4.78 is 3.90. The largest absolute Gasteiger partial charge is 0.476 e. The van der Waals surface area contributed by atoms with E-state index in [1.165, 1.54) is 0 Å². The van der Waals surface area contributed by atoms with Crippen molar-refractivity contribution < 1.29 is 9.90 Å². The van der Waals surface area contributed by atoms with E-state index in [-0.39, 0.29) is 5.69 Å². The fraction of sp³-hybridized carbons (Fsp3) is 0.0769. The molecule has 0 atom stereocenters. The molecule has 5 nitrogen and oxygen atoms in total. The highest BCUT2D eigenvalue weighted by atomic mass is 35.5. The number of fused-ring (bicyclic) bond motifs is 1. The van der Waals surface area contributed by atoms with Crippen LogP contribution in [0, 0.1) is 0 Å². The van der Waals surface area contributed by atoms with E-state index < -0.39 is 5.97 Å². The molecule has 3 aromatic carbocycles. The van der Waals surface area contributed by atoms with Crippen molar-refractivity contribution in [1.82, 2.24) is 14.3 Å². The molecule has 0 radical (unpaired) electrons. The zero-order valence-electron chi connectivity index (χ0n) is 17.5. The molecule has 5 aromatic rings. The van der Waals surface area contributed by atoms with Crippen molar-refractivity contribution in [2.75, 3.05) is 0 Å². The quantitative estimate of drug-likeness (QED) is 0.300. The topological polar surface area (TPSA) is 60.0 Å². The van der Waals surface area contributed by atoms with Crippen LogP contribution in [0.25, 0.3) is 22.2 Å². The Balaban J connectivity index is 1.61. The summed E-state index contributed by atoms with van der Waals surface area (Å²) in [6.45, 7) is 1.09. The Morgan fingerprint density at radius 1 is 0.848 bits per heavy atom. The Morgan fingerprint density at radius 2 is 1.45 bits per heavy atom. The lowest BCUT2D eigenvalue weighted by Crippen LogP contribution is -2.05. The molecular formula is C26H19Cl2N3O2. The van der Waals surface area contributed by atoms with E-state index in [9.17, 15) is 9.90 Å². The van der Waals surface area contributed by atoms with Crippen LogP contribution in [-0.2, 0) is 13.1 Å². The van der Waals surface area contributed by atoms with Crippen molar-refractivity contribution in [3.8, 4) is 11.3 Å². The normalized spacial score (nSPS) is 11.2. The zero-order chi connectivity index (χ0) is 22.9. The Labute approximate surface area is 200 Å². The maximum atomic E-state index is 11.7. The van der Waals surface area contributed by atoms with Gasteiger partial charge in [0.1, 0.15) is 0 Å². The first-order chi connectivity index (χ1) is 16.0. The van der Waals surface area contributed by atoms with Crippen LogP contribution in [0.15, 0.2) is 85.1 Å². The average molecular weight is 476 g/mol. The third-order valence-electron chi connectivity index (χ3n) is 5.58. The van der Waals surface area contributed by atoms with Crippen molar-refractivity contribution in [2.45, 2.75) is 13.1 Å². The Morgan fingerprint density at radius 3 is 2.09 bits per heavy atom. The number of carbonyl (C=O) groups is 1. The number of rotatable bonds is 6. The molecule has 7 heteroatoms. The van der Waals surface area contributed by atoms with E-state index in [1.807, 2.05) is 66.7 Å². The van der Waals surface area contributed by atoms with Crippen LogP contribution in [0.4, 0.5) is 0 Å². The summed E-state index contributed by atoms with van der Waals surface area (Å²) in [6, 6.07) is 24.9. The predicted octanol–water partition coefficient (Wildman–Crippen LogP) is 6.61. The van der Waals surface area contributed by atoms with Crippen LogP contribution in [0.3, 0.4) is 0 Å². The summed E-state index contributed by atoms with van der Waals surface area (Å²) in [7, 11) is 0. The molecule has 33 heavy (non-hydrogen) atoms. The minimum absolute atomic E-state index is 0.00787. The molecule has 164 valence electrons. The molecule has 0 saturated carbocycles. The summed E-state index contributed by atoms with van der Waals surface area (Å²) in [4.78, 5) is 11.7. The van der Waals surface area contributed by atoms with E-state index in [0.29, 0.717) is 23.1 Å². The molecule has 0 aliphatic carbocycles. The van der Waals surface area contributed by atoms with Crippen LogP contribution in [0.1, 0.15) is 21.6 Å². The lowest BCUT2D eigenvalue weighted by molar-refractivity contribution is 0.0689. The number of aromatic nitrogens is 3. The van der Waals surface area contributed by atoms with Crippen molar-refractivity contribution in [1.29, 1.82) is 0 Å². The lowest BCUT2D eigenvalue weighted by Gasteiger charge is -2.07. The molecule has 0 bridgehead atoms. The van der Waals surface area contributed by atoms with Crippen molar-refractivity contribution in [2.24, 2.45) is 0 Å². The molecule has 2 aromatic heterocycles. The predicted molar refractivity (Wildman–Crippen MR) is 131 cm³/mol. The fourth-order valence-electron chi connectivity index (χ4n) is 3.99. The van der Waals surface area contributed by atoms with Crippen molar-refractivity contribution in [3.05, 3.63) is 112 Å². The third-order valence-corrected chi connectivity index (χ3v) is 6.08. The molecule has 0 saturated heterocycles. The molecule has 0 fully saturated rings. The van der Waals surface area contributed by atoms with Crippen LogP contribution >= 0.6 is 23.2 Å². The number of aromatic carboxylic acids is 1. The molecule has 0 spiro atoms. The van der Waals surface area contributed by atoms with Crippen LogP contribution in [0.2, 0.25) is 10.0 Å². The molecule has 5 rings (SSSR count). The first-order valence-corrected chi connectivity index (χ1v) is 11.1. The fourth-order valence-corrected chi connectivity index (χ4v) is 4.24. The molecular weight excluding hydrogens is 457 g/mol. The molecule has 0 aliphatic rings. The number of hydrogen-bond acceptors (Lipinski definition) is 2. The van der Waals surface area contributed by atoms with Gasteiger partial charge in [0, 0.05) is 39.3 Å². The Kier molecular flexibility index (Phi) is 5.67. The van der Waals surface area contributed by atoms with E-state index in [2.05, 4.69) is 21.9 Å². The number of halogens is 2. The molecule has 2 heterocycles. The van der Waals surface area contributed by atoms with Gasteiger partial charge >= 0.3 is 5.97 Å². The monoisotopic (exact) mass is 475 g/mol. The summed E-state index contributed by atoms with van der Waals surface area (Å²) in [6.07, 6.45) is 2.06. The second-order valence-corrected chi connectivity index (χ2v) is 8.69. The van der Waals surface area contributed by atoms with Gasteiger partial charge in [-0.1, -0.05) is 65.7 Å². The summed E-state index contributed by atoms with van der Waals surface area (Å²) in [5, 5.41) is 16.3. The Bertz CT molecular complexity index is 1450. The first-order valence-electron chi connectivity index (χ1n) is 10.4. The Hall–Kier alpha value is -3.54. The minimum Gasteiger partial charge on any atom is -0.476 e. The SMILES string of the molecule is O=C(O)c1cc(-c2cn(Cc3ccc(Cl)cc3)c3ccccc23)n(Cc2ccc(Cl)cc2)n1. The van der Waals surface area contributed by atoms with Gasteiger partial charge in [0.05, 0.1) is 12.2 Å². The van der Waals surface area contributed by atoms with Gasteiger partial charge in [-0.3, -0.25) is 4.68 Å². The van der Waals surface area contributed by atoms with E-state index in [4.69, 9.17) is 23.2 Å². The maximum Gasteiger partial charge on any atom is 0.356 e. The van der Waals surface area contributed by atoms with Gasteiger partial charge in [0.15, 0.2) is 5.69 Å². The van der Waals surface area contributed by atoms with Gasteiger partial charge in [0.2, 0.25) is 0 Å². The van der Waals surface area contributed by atoms with E-state index >= 15 is 0 Å². The lowest BCUT2D eigenvalue weighted by atomic mass is 10.1. The van der Waals surface area contributed by atoms with E-state index in [1.54, 1.807) is 10.7 Å². The molecule has 0 amide bonds. The highest BCUT2D eigenvalue weighted by Gasteiger charge is 2.19. The van der Waals surface area contributed by atoms with Gasteiger partial charge in [-0.2, -0.15) is 5.10 Å². The summed E-state index contributed by atoms with van der Waals surface area (Å²) in [5.74, 6) is -1.06. The number of benzene rings is 3. The number of nitrogens with zero attached hydrogens (tertiary/aromatic N) is 3. The molecule has 0 aliphatic heterocycles. The van der Waals surface area contributed by atoms with Crippen LogP contribution in [-0.4, -0.2) is 25.4 Å². The second-order valence-electron chi connectivity index (χ2n) is 7.82. The summed E-state index contributed by atoms with van der Waals surface area (Å²) >= 11 is 12.1. The summed E-state index contributed by atoms with van der Waals surface area (Å²) in [5.41, 5.74) is 4.83.